The lowest BCUT2D eigenvalue weighted by Crippen LogP contribution is -2.50. The number of nitrogens with one attached hydrogen (secondary N) is 1. The van der Waals surface area contributed by atoms with Crippen molar-refractivity contribution in [3.05, 3.63) is 63.0 Å². The number of rotatable bonds is 2. The van der Waals surface area contributed by atoms with Crippen LogP contribution >= 0.6 is 11.6 Å². The Hall–Kier alpha value is -2.67. The first-order chi connectivity index (χ1) is 11.5. The zero-order chi connectivity index (χ0) is 17.1. The lowest BCUT2D eigenvalue weighted by molar-refractivity contribution is 0.0531. The van der Waals surface area contributed by atoms with Gasteiger partial charge < -0.3 is 9.80 Å². The molecular weight excluding hydrogens is 332 g/mol. The Kier molecular flexibility index (Phi) is 4.61. The molecule has 8 heteroatoms. The van der Waals surface area contributed by atoms with Crippen LogP contribution in [-0.2, 0) is 0 Å². The minimum absolute atomic E-state index is 0.0825. The number of aromatic amines is 1. The second-order valence-electron chi connectivity index (χ2n) is 5.40. The fourth-order valence-corrected chi connectivity index (χ4v) is 2.64. The number of amides is 2. The summed E-state index contributed by atoms with van der Waals surface area (Å²) < 4.78 is 0. The number of halogens is 1. The molecule has 2 aromatic rings. The Labute approximate surface area is 142 Å². The van der Waals surface area contributed by atoms with Crippen molar-refractivity contribution in [1.82, 2.24) is 20.0 Å². The zero-order valence-corrected chi connectivity index (χ0v) is 13.5. The number of nitrogens with zero attached hydrogens (tertiary/aromatic N) is 3. The molecule has 1 aliphatic heterocycles. The normalized spacial score (nSPS) is 14.5. The number of carbonyl (C=O) groups excluding carboxylic acids is 2. The van der Waals surface area contributed by atoms with Crippen molar-refractivity contribution in [2.24, 2.45) is 0 Å². The van der Waals surface area contributed by atoms with Crippen LogP contribution in [0.2, 0.25) is 5.02 Å². The van der Waals surface area contributed by atoms with E-state index in [1.54, 1.807) is 34.1 Å². The van der Waals surface area contributed by atoms with Gasteiger partial charge in [-0.05, 0) is 30.3 Å². The van der Waals surface area contributed by atoms with Gasteiger partial charge in [0.1, 0.15) is 5.69 Å². The average Bonchev–Trinajstić information content (AvgIpc) is 2.62. The summed E-state index contributed by atoms with van der Waals surface area (Å²) in [6.45, 7) is 1.71. The largest absolute Gasteiger partial charge is 0.335 e. The molecule has 1 aromatic carbocycles. The van der Waals surface area contributed by atoms with E-state index in [2.05, 4.69) is 10.2 Å². The molecule has 0 spiro atoms. The van der Waals surface area contributed by atoms with Gasteiger partial charge in [0.25, 0.3) is 17.4 Å². The van der Waals surface area contributed by atoms with Gasteiger partial charge in [-0.1, -0.05) is 11.6 Å². The SMILES string of the molecule is O=C(c1ccc(Cl)cc1)N1CCN(C(=O)c2ccc(=O)[nH]n2)CC1. The summed E-state index contributed by atoms with van der Waals surface area (Å²) in [5.41, 5.74) is 0.401. The molecular formula is C16H15ClN4O3. The molecule has 1 N–H and O–H groups in total. The first kappa shape index (κ1) is 16.2. The van der Waals surface area contributed by atoms with Gasteiger partial charge in [-0.2, -0.15) is 5.10 Å². The molecule has 2 heterocycles. The summed E-state index contributed by atoms with van der Waals surface area (Å²) in [7, 11) is 0. The highest BCUT2D eigenvalue weighted by molar-refractivity contribution is 6.30. The monoisotopic (exact) mass is 346 g/mol. The average molecular weight is 347 g/mol. The number of hydrogen-bond acceptors (Lipinski definition) is 4. The van der Waals surface area contributed by atoms with Gasteiger partial charge in [-0.3, -0.25) is 14.4 Å². The maximum Gasteiger partial charge on any atom is 0.274 e. The van der Waals surface area contributed by atoms with E-state index in [1.165, 1.54) is 12.1 Å². The van der Waals surface area contributed by atoms with Crippen LogP contribution in [0.1, 0.15) is 20.8 Å². The van der Waals surface area contributed by atoms with Gasteiger partial charge in [0, 0.05) is 42.8 Å². The van der Waals surface area contributed by atoms with Crippen molar-refractivity contribution in [1.29, 1.82) is 0 Å². The maximum atomic E-state index is 12.4. The molecule has 0 aliphatic carbocycles. The van der Waals surface area contributed by atoms with Crippen LogP contribution in [0.15, 0.2) is 41.2 Å². The van der Waals surface area contributed by atoms with E-state index in [9.17, 15) is 14.4 Å². The van der Waals surface area contributed by atoms with Gasteiger partial charge in [0.2, 0.25) is 0 Å². The van der Waals surface area contributed by atoms with Crippen LogP contribution in [0.5, 0.6) is 0 Å². The molecule has 0 radical (unpaired) electrons. The number of benzene rings is 1. The molecule has 2 amide bonds. The minimum atomic E-state index is -0.357. The Balaban J connectivity index is 1.62. The van der Waals surface area contributed by atoms with Crippen molar-refractivity contribution in [2.75, 3.05) is 26.2 Å². The van der Waals surface area contributed by atoms with Gasteiger partial charge in [0.15, 0.2) is 0 Å². The summed E-state index contributed by atoms with van der Waals surface area (Å²) in [5, 5.41) is 6.57. The van der Waals surface area contributed by atoms with Gasteiger partial charge in [0.05, 0.1) is 0 Å². The van der Waals surface area contributed by atoms with Gasteiger partial charge in [-0.15, -0.1) is 0 Å². The Morgan fingerprint density at radius 2 is 1.50 bits per heavy atom. The van der Waals surface area contributed by atoms with Crippen LogP contribution in [0.3, 0.4) is 0 Å². The van der Waals surface area contributed by atoms with E-state index in [-0.39, 0.29) is 23.1 Å². The molecule has 3 rings (SSSR count). The highest BCUT2D eigenvalue weighted by Gasteiger charge is 2.26. The lowest BCUT2D eigenvalue weighted by Gasteiger charge is -2.34. The Morgan fingerprint density at radius 3 is 2.04 bits per heavy atom. The highest BCUT2D eigenvalue weighted by Crippen LogP contribution is 2.13. The van der Waals surface area contributed by atoms with Crippen molar-refractivity contribution in [2.45, 2.75) is 0 Å². The molecule has 0 unspecified atom stereocenters. The quantitative estimate of drug-likeness (QED) is 0.879. The predicted octanol–water partition coefficient (Wildman–Crippen LogP) is 1.02. The molecule has 24 heavy (non-hydrogen) atoms. The molecule has 0 atom stereocenters. The van der Waals surface area contributed by atoms with E-state index in [1.807, 2.05) is 0 Å². The van der Waals surface area contributed by atoms with Crippen LogP contribution in [0.4, 0.5) is 0 Å². The molecule has 124 valence electrons. The lowest BCUT2D eigenvalue weighted by atomic mass is 10.2. The van der Waals surface area contributed by atoms with Crippen LogP contribution < -0.4 is 5.56 Å². The van der Waals surface area contributed by atoms with Gasteiger partial charge >= 0.3 is 0 Å². The second kappa shape index (κ2) is 6.84. The van der Waals surface area contributed by atoms with Crippen LogP contribution in [0.25, 0.3) is 0 Å². The molecule has 0 bridgehead atoms. The molecule has 1 saturated heterocycles. The molecule has 1 aliphatic rings. The second-order valence-corrected chi connectivity index (χ2v) is 5.83. The van der Waals surface area contributed by atoms with Crippen molar-refractivity contribution in [3.8, 4) is 0 Å². The summed E-state index contributed by atoms with van der Waals surface area (Å²) in [4.78, 5) is 39.1. The number of carbonyl (C=O) groups is 2. The summed E-state index contributed by atoms with van der Waals surface area (Å²) in [5.74, 6) is -0.342. The third-order valence-electron chi connectivity index (χ3n) is 3.84. The minimum Gasteiger partial charge on any atom is -0.335 e. The Morgan fingerprint density at radius 1 is 0.917 bits per heavy atom. The topological polar surface area (TPSA) is 86.4 Å². The van der Waals surface area contributed by atoms with Crippen molar-refractivity contribution in [3.63, 3.8) is 0 Å². The first-order valence-electron chi connectivity index (χ1n) is 7.44. The van der Waals surface area contributed by atoms with E-state index >= 15 is 0 Å². The Bertz CT molecular complexity index is 790. The number of H-pyrrole nitrogens is 1. The van der Waals surface area contributed by atoms with Gasteiger partial charge in [-0.25, -0.2) is 5.10 Å². The zero-order valence-electron chi connectivity index (χ0n) is 12.7. The number of piperazine rings is 1. The standard InChI is InChI=1S/C16H15ClN4O3/c17-12-3-1-11(2-4-12)15(23)20-7-9-21(10-8-20)16(24)13-5-6-14(22)19-18-13/h1-6H,7-10H2,(H,19,22). The van der Waals surface area contributed by atoms with Crippen molar-refractivity contribution < 1.29 is 9.59 Å². The van der Waals surface area contributed by atoms with Crippen LogP contribution in [-0.4, -0.2) is 58.0 Å². The maximum absolute atomic E-state index is 12.4. The summed E-state index contributed by atoms with van der Waals surface area (Å²) in [6.07, 6.45) is 0. The van der Waals surface area contributed by atoms with Crippen LogP contribution in [0, 0.1) is 0 Å². The van der Waals surface area contributed by atoms with E-state index in [0.29, 0.717) is 36.8 Å². The highest BCUT2D eigenvalue weighted by atomic mass is 35.5. The fourth-order valence-electron chi connectivity index (χ4n) is 2.51. The summed E-state index contributed by atoms with van der Waals surface area (Å²) in [6, 6.07) is 9.39. The molecule has 7 nitrogen and oxygen atoms in total. The third kappa shape index (κ3) is 3.46. The van der Waals surface area contributed by atoms with E-state index in [0.717, 1.165) is 0 Å². The number of aromatic nitrogens is 2. The molecule has 0 saturated carbocycles. The summed E-state index contributed by atoms with van der Waals surface area (Å²) >= 11 is 5.83. The first-order valence-corrected chi connectivity index (χ1v) is 7.82. The van der Waals surface area contributed by atoms with E-state index < -0.39 is 0 Å². The van der Waals surface area contributed by atoms with E-state index in [4.69, 9.17) is 11.6 Å². The number of hydrogen-bond donors (Lipinski definition) is 1. The fraction of sp³-hybridized carbons (Fsp3) is 0.250. The predicted molar refractivity (Wildman–Crippen MR) is 88.1 cm³/mol. The van der Waals surface area contributed by atoms with Crippen molar-refractivity contribution >= 4 is 23.4 Å². The molecule has 1 fully saturated rings. The third-order valence-corrected chi connectivity index (χ3v) is 4.10. The molecule has 1 aromatic heterocycles. The smallest absolute Gasteiger partial charge is 0.274 e.